The third-order valence-corrected chi connectivity index (χ3v) is 5.04. The second kappa shape index (κ2) is 8.73. The summed E-state index contributed by atoms with van der Waals surface area (Å²) in [5, 5.41) is 16.1. The summed E-state index contributed by atoms with van der Waals surface area (Å²) in [5.41, 5.74) is 0.0579. The summed E-state index contributed by atoms with van der Waals surface area (Å²) in [4.78, 5) is 48.5. The Morgan fingerprint density at radius 2 is 1.80 bits per heavy atom. The van der Waals surface area contributed by atoms with Gasteiger partial charge in [-0.15, -0.1) is 0 Å². The number of hydrogen-bond donors (Lipinski definition) is 2. The van der Waals surface area contributed by atoms with Crippen LogP contribution in [0.25, 0.3) is 0 Å². The van der Waals surface area contributed by atoms with Gasteiger partial charge in [-0.2, -0.15) is 0 Å². The molecule has 156 valence electrons. The molecule has 30 heavy (non-hydrogen) atoms. The Bertz CT molecular complexity index is 961. The number of carbonyl (C=O) groups is 3. The van der Waals surface area contributed by atoms with Crippen molar-refractivity contribution in [1.29, 1.82) is 0 Å². The number of urea groups is 1. The van der Waals surface area contributed by atoms with Gasteiger partial charge in [0.15, 0.2) is 0 Å². The Hall–Kier alpha value is -3.75. The maximum absolute atomic E-state index is 12.8. The number of rotatable bonds is 8. The van der Waals surface area contributed by atoms with Gasteiger partial charge >= 0.3 is 6.03 Å². The fourth-order valence-corrected chi connectivity index (χ4v) is 3.32. The third kappa shape index (κ3) is 4.45. The molecule has 1 aliphatic heterocycles. The summed E-state index contributed by atoms with van der Waals surface area (Å²) >= 11 is 0. The van der Waals surface area contributed by atoms with Crippen LogP contribution in [0.1, 0.15) is 24.5 Å². The molecule has 1 heterocycles. The molecule has 9 heteroatoms. The Morgan fingerprint density at radius 3 is 2.43 bits per heavy atom. The van der Waals surface area contributed by atoms with Crippen molar-refractivity contribution >= 4 is 23.5 Å². The minimum absolute atomic E-state index is 0.120. The topological polar surface area (TPSA) is 122 Å². The summed E-state index contributed by atoms with van der Waals surface area (Å²) in [5.74, 6) is -1.01. The average Bonchev–Trinajstić information content (AvgIpc) is 2.96. The van der Waals surface area contributed by atoms with Gasteiger partial charge < -0.3 is 10.6 Å². The van der Waals surface area contributed by atoms with Crippen LogP contribution in [0.15, 0.2) is 54.6 Å². The number of non-ortho nitro benzene ring substituents is 1. The first-order chi connectivity index (χ1) is 14.3. The van der Waals surface area contributed by atoms with Crippen LogP contribution in [0.3, 0.4) is 0 Å². The number of nitro benzene ring substituents is 1. The highest BCUT2D eigenvalue weighted by Gasteiger charge is 2.49. The number of nitrogens with zero attached hydrogens (tertiary/aromatic N) is 2. The predicted octanol–water partition coefficient (Wildman–Crippen LogP) is 2.11. The maximum atomic E-state index is 12.8. The molecule has 0 spiro atoms. The SMILES string of the molecule is CC1(c2ccc([N+](=O)[O-])cc2)NC(=O)N(CC(=O)NCCCc2ccccc2)C1=O. The van der Waals surface area contributed by atoms with E-state index in [1.54, 1.807) is 0 Å². The van der Waals surface area contributed by atoms with E-state index in [0.717, 1.165) is 17.7 Å². The monoisotopic (exact) mass is 410 g/mol. The van der Waals surface area contributed by atoms with Crippen LogP contribution >= 0.6 is 0 Å². The number of amides is 4. The van der Waals surface area contributed by atoms with Crippen molar-refractivity contribution < 1.29 is 19.3 Å². The molecule has 1 aliphatic rings. The maximum Gasteiger partial charge on any atom is 0.325 e. The zero-order valence-corrected chi connectivity index (χ0v) is 16.5. The molecule has 1 atom stereocenters. The van der Waals surface area contributed by atoms with Crippen LogP contribution in [0.4, 0.5) is 10.5 Å². The van der Waals surface area contributed by atoms with Gasteiger partial charge in [-0.1, -0.05) is 30.3 Å². The van der Waals surface area contributed by atoms with Gasteiger partial charge in [-0.3, -0.25) is 24.6 Å². The molecule has 0 aromatic heterocycles. The smallest absolute Gasteiger partial charge is 0.325 e. The number of nitrogens with one attached hydrogen (secondary N) is 2. The summed E-state index contributed by atoms with van der Waals surface area (Å²) in [6.07, 6.45) is 1.54. The lowest BCUT2D eigenvalue weighted by molar-refractivity contribution is -0.384. The fraction of sp³-hybridized carbons (Fsp3) is 0.286. The van der Waals surface area contributed by atoms with Gasteiger partial charge in [-0.05, 0) is 43.0 Å². The second-order valence-corrected chi connectivity index (χ2v) is 7.19. The zero-order valence-electron chi connectivity index (χ0n) is 16.5. The molecule has 3 rings (SSSR count). The molecule has 1 unspecified atom stereocenters. The zero-order chi connectivity index (χ0) is 21.7. The predicted molar refractivity (Wildman–Crippen MR) is 108 cm³/mol. The van der Waals surface area contributed by atoms with Crippen molar-refractivity contribution in [3.8, 4) is 0 Å². The summed E-state index contributed by atoms with van der Waals surface area (Å²) in [6.45, 7) is 1.54. The number of carbonyl (C=O) groups excluding carboxylic acids is 3. The lowest BCUT2D eigenvalue weighted by atomic mass is 9.92. The quantitative estimate of drug-likeness (QED) is 0.299. The number of hydrogen-bond acceptors (Lipinski definition) is 5. The van der Waals surface area contributed by atoms with Gasteiger partial charge in [0, 0.05) is 18.7 Å². The van der Waals surface area contributed by atoms with Gasteiger partial charge in [0.2, 0.25) is 5.91 Å². The third-order valence-electron chi connectivity index (χ3n) is 5.04. The first-order valence-corrected chi connectivity index (χ1v) is 9.51. The van der Waals surface area contributed by atoms with E-state index in [0.29, 0.717) is 12.1 Å². The molecule has 0 bridgehead atoms. The minimum atomic E-state index is -1.39. The summed E-state index contributed by atoms with van der Waals surface area (Å²) in [6, 6.07) is 14.5. The van der Waals surface area contributed by atoms with E-state index < -0.39 is 34.9 Å². The summed E-state index contributed by atoms with van der Waals surface area (Å²) < 4.78 is 0. The largest absolute Gasteiger partial charge is 0.355 e. The van der Waals surface area contributed by atoms with E-state index in [2.05, 4.69) is 10.6 Å². The van der Waals surface area contributed by atoms with Crippen LogP contribution in [-0.2, 0) is 21.5 Å². The van der Waals surface area contributed by atoms with Crippen LogP contribution in [0, 0.1) is 10.1 Å². The molecule has 1 fully saturated rings. The molecule has 0 radical (unpaired) electrons. The Morgan fingerprint density at radius 1 is 1.13 bits per heavy atom. The first-order valence-electron chi connectivity index (χ1n) is 9.51. The Kier molecular flexibility index (Phi) is 6.10. The van der Waals surface area contributed by atoms with Crippen molar-refractivity contribution in [2.75, 3.05) is 13.1 Å². The van der Waals surface area contributed by atoms with Crippen molar-refractivity contribution in [3.05, 3.63) is 75.8 Å². The van der Waals surface area contributed by atoms with Crippen molar-refractivity contribution in [1.82, 2.24) is 15.5 Å². The minimum Gasteiger partial charge on any atom is -0.355 e. The molecule has 0 aliphatic carbocycles. The molecule has 4 amide bonds. The molecule has 2 N–H and O–H groups in total. The van der Waals surface area contributed by atoms with Gasteiger partial charge in [0.05, 0.1) is 4.92 Å². The number of aryl methyl sites for hydroxylation is 1. The van der Waals surface area contributed by atoms with E-state index in [4.69, 9.17) is 0 Å². The van der Waals surface area contributed by atoms with Crippen LogP contribution in [0.5, 0.6) is 0 Å². The average molecular weight is 410 g/mol. The van der Waals surface area contributed by atoms with Crippen molar-refractivity contribution in [2.24, 2.45) is 0 Å². The van der Waals surface area contributed by atoms with E-state index >= 15 is 0 Å². The van der Waals surface area contributed by atoms with Crippen LogP contribution in [-0.4, -0.2) is 40.8 Å². The van der Waals surface area contributed by atoms with E-state index in [-0.39, 0.29) is 5.69 Å². The molecule has 2 aromatic rings. The van der Waals surface area contributed by atoms with E-state index in [9.17, 15) is 24.5 Å². The number of benzene rings is 2. The van der Waals surface area contributed by atoms with Crippen molar-refractivity contribution in [2.45, 2.75) is 25.3 Å². The Labute approximate surface area is 173 Å². The highest BCUT2D eigenvalue weighted by atomic mass is 16.6. The molecule has 0 saturated carbocycles. The molecule has 2 aromatic carbocycles. The highest BCUT2D eigenvalue weighted by molar-refractivity contribution is 6.09. The van der Waals surface area contributed by atoms with E-state index in [1.807, 2.05) is 30.3 Å². The molecular weight excluding hydrogens is 388 g/mol. The standard InChI is InChI=1S/C21H22N4O5/c1-21(16-9-11-17(12-10-16)25(29)30)19(27)24(20(28)23-21)14-18(26)22-13-5-8-15-6-3-2-4-7-15/h2-4,6-7,9-12H,5,8,13-14H2,1H3,(H,22,26)(H,23,28). The normalized spacial score (nSPS) is 18.2. The molecular formula is C21H22N4O5. The van der Waals surface area contributed by atoms with Gasteiger partial charge in [-0.25, -0.2) is 4.79 Å². The second-order valence-electron chi connectivity index (χ2n) is 7.19. The summed E-state index contributed by atoms with van der Waals surface area (Å²) in [7, 11) is 0. The Balaban J connectivity index is 1.56. The van der Waals surface area contributed by atoms with Gasteiger partial charge in [0.1, 0.15) is 12.1 Å². The number of nitro groups is 1. The van der Waals surface area contributed by atoms with Crippen LogP contribution in [0.2, 0.25) is 0 Å². The van der Waals surface area contributed by atoms with Crippen molar-refractivity contribution in [3.63, 3.8) is 0 Å². The number of imide groups is 1. The fourth-order valence-electron chi connectivity index (χ4n) is 3.32. The molecule has 1 saturated heterocycles. The van der Waals surface area contributed by atoms with E-state index in [1.165, 1.54) is 36.8 Å². The lowest BCUT2D eigenvalue weighted by Gasteiger charge is -2.22. The van der Waals surface area contributed by atoms with Gasteiger partial charge in [0.25, 0.3) is 11.6 Å². The first kappa shape index (κ1) is 21.0. The lowest BCUT2D eigenvalue weighted by Crippen LogP contribution is -2.43. The molecule has 9 nitrogen and oxygen atoms in total. The highest BCUT2D eigenvalue weighted by Crippen LogP contribution is 2.29. The van der Waals surface area contributed by atoms with Crippen LogP contribution < -0.4 is 10.6 Å².